The van der Waals surface area contributed by atoms with Gasteiger partial charge in [-0.1, -0.05) is 19.8 Å². The molecule has 0 fully saturated rings. The number of nitrogens with zero attached hydrogens (tertiary/aromatic N) is 1. The summed E-state index contributed by atoms with van der Waals surface area (Å²) >= 11 is 0. The number of hydrogen-bond donors (Lipinski definition) is 0. The van der Waals surface area contributed by atoms with Crippen molar-refractivity contribution in [3.8, 4) is 22.8 Å². The van der Waals surface area contributed by atoms with Crippen LogP contribution in [0.3, 0.4) is 0 Å². The zero-order chi connectivity index (χ0) is 17.4. The van der Waals surface area contributed by atoms with Crippen LogP contribution in [0.5, 0.6) is 11.5 Å². The lowest BCUT2D eigenvalue weighted by Crippen LogP contribution is -2.18. The minimum Gasteiger partial charge on any atom is -0.497 e. The fourth-order valence-electron chi connectivity index (χ4n) is 4.07. The number of benzene rings is 2. The van der Waals surface area contributed by atoms with Crippen molar-refractivity contribution in [3.05, 3.63) is 48.0 Å². The number of aromatic nitrogens is 1. The Morgan fingerprint density at radius 2 is 1.76 bits per heavy atom. The number of rotatable bonds is 5. The van der Waals surface area contributed by atoms with Crippen LogP contribution in [0.15, 0.2) is 42.5 Å². The van der Waals surface area contributed by atoms with Gasteiger partial charge in [0.05, 0.1) is 14.2 Å². The summed E-state index contributed by atoms with van der Waals surface area (Å²) < 4.78 is 13.4. The third-order valence-electron chi connectivity index (χ3n) is 5.35. The van der Waals surface area contributed by atoms with Gasteiger partial charge in [0, 0.05) is 28.2 Å². The number of unbranched alkanes of at least 4 members (excludes halogenated alkanes) is 1. The molecule has 1 aliphatic heterocycles. The average Bonchev–Trinajstić information content (AvgIpc) is 3.04. The van der Waals surface area contributed by atoms with Crippen LogP contribution in [-0.2, 0) is 6.42 Å². The molecule has 0 amide bonds. The first-order valence-electron chi connectivity index (χ1n) is 9.11. The van der Waals surface area contributed by atoms with Gasteiger partial charge in [-0.05, 0) is 60.9 Å². The van der Waals surface area contributed by atoms with E-state index >= 15 is 0 Å². The van der Waals surface area contributed by atoms with E-state index < -0.39 is 0 Å². The molecule has 0 aliphatic carbocycles. The number of methoxy groups -OCH3 is 2. The van der Waals surface area contributed by atoms with Gasteiger partial charge in [-0.25, -0.2) is 0 Å². The van der Waals surface area contributed by atoms with Gasteiger partial charge in [-0.15, -0.1) is 0 Å². The van der Waals surface area contributed by atoms with Crippen LogP contribution < -0.4 is 9.47 Å². The van der Waals surface area contributed by atoms with E-state index in [1.807, 2.05) is 0 Å². The quantitative estimate of drug-likeness (QED) is 0.605. The molecule has 0 spiro atoms. The molecule has 1 atom stereocenters. The Labute approximate surface area is 149 Å². The van der Waals surface area contributed by atoms with Gasteiger partial charge in [-0.3, -0.25) is 0 Å². The molecular weight excluding hydrogens is 310 g/mol. The molecule has 0 saturated carbocycles. The molecule has 0 saturated heterocycles. The molecule has 1 aromatic heterocycles. The standard InChI is InChI=1S/C22H25NO2/c1-4-5-6-17-11-15-12-18(24-2)7-9-20(15)22-14-16-13-19(25-3)8-10-21(16)23(17)22/h7-10,12-14,17H,4-6,11H2,1-3H3. The van der Waals surface area contributed by atoms with Gasteiger partial charge in [-0.2, -0.15) is 0 Å². The smallest absolute Gasteiger partial charge is 0.119 e. The zero-order valence-electron chi connectivity index (χ0n) is 15.2. The summed E-state index contributed by atoms with van der Waals surface area (Å²) in [5, 5.41) is 1.25. The fourth-order valence-corrected chi connectivity index (χ4v) is 4.07. The Morgan fingerprint density at radius 1 is 1.00 bits per heavy atom. The van der Waals surface area contributed by atoms with E-state index in [0.29, 0.717) is 6.04 Å². The van der Waals surface area contributed by atoms with E-state index in [1.54, 1.807) is 14.2 Å². The molecule has 0 N–H and O–H groups in total. The summed E-state index contributed by atoms with van der Waals surface area (Å²) in [4.78, 5) is 0. The third kappa shape index (κ3) is 2.68. The molecule has 2 heterocycles. The second kappa shape index (κ2) is 6.47. The van der Waals surface area contributed by atoms with Crippen LogP contribution in [0.25, 0.3) is 22.2 Å². The summed E-state index contributed by atoms with van der Waals surface area (Å²) in [5.74, 6) is 1.86. The van der Waals surface area contributed by atoms with Gasteiger partial charge in [0.15, 0.2) is 0 Å². The van der Waals surface area contributed by atoms with Crippen LogP contribution in [0.1, 0.15) is 37.8 Å². The predicted octanol–water partition coefficient (Wildman–Crippen LogP) is 5.61. The van der Waals surface area contributed by atoms with Gasteiger partial charge in [0.25, 0.3) is 0 Å². The van der Waals surface area contributed by atoms with Crippen molar-refractivity contribution in [1.82, 2.24) is 4.57 Å². The molecule has 1 aliphatic rings. The summed E-state index contributed by atoms with van der Waals surface area (Å²) in [6, 6.07) is 15.7. The van der Waals surface area contributed by atoms with Crippen LogP contribution in [0.4, 0.5) is 0 Å². The molecule has 25 heavy (non-hydrogen) atoms. The maximum atomic E-state index is 5.45. The van der Waals surface area contributed by atoms with Gasteiger partial charge in [0.2, 0.25) is 0 Å². The van der Waals surface area contributed by atoms with Gasteiger partial charge < -0.3 is 14.0 Å². The summed E-state index contributed by atoms with van der Waals surface area (Å²) in [7, 11) is 3.46. The largest absolute Gasteiger partial charge is 0.497 e. The van der Waals surface area contributed by atoms with Crippen molar-refractivity contribution in [2.75, 3.05) is 14.2 Å². The SMILES string of the molecule is CCCCC1Cc2cc(OC)ccc2-c2cc3cc(OC)ccc3n21. The highest BCUT2D eigenvalue weighted by Gasteiger charge is 2.26. The van der Waals surface area contributed by atoms with Crippen molar-refractivity contribution in [2.45, 2.75) is 38.6 Å². The van der Waals surface area contributed by atoms with E-state index in [2.05, 4.69) is 54.0 Å². The van der Waals surface area contributed by atoms with E-state index in [0.717, 1.165) is 17.9 Å². The second-order valence-corrected chi connectivity index (χ2v) is 6.85. The normalized spacial score (nSPS) is 15.7. The fraction of sp³-hybridized carbons (Fsp3) is 0.364. The lowest BCUT2D eigenvalue weighted by atomic mass is 9.91. The molecule has 0 bridgehead atoms. The van der Waals surface area contributed by atoms with E-state index in [1.165, 1.54) is 47.0 Å². The van der Waals surface area contributed by atoms with Crippen molar-refractivity contribution in [2.24, 2.45) is 0 Å². The summed E-state index contributed by atoms with van der Waals surface area (Å²) in [6.07, 6.45) is 4.74. The molecule has 3 heteroatoms. The Bertz CT molecular complexity index is 910. The van der Waals surface area contributed by atoms with Crippen molar-refractivity contribution < 1.29 is 9.47 Å². The highest BCUT2D eigenvalue weighted by molar-refractivity contribution is 5.89. The topological polar surface area (TPSA) is 23.4 Å². The summed E-state index contributed by atoms with van der Waals surface area (Å²) in [5.41, 5.74) is 5.33. The Kier molecular flexibility index (Phi) is 4.16. The van der Waals surface area contributed by atoms with Crippen molar-refractivity contribution >= 4 is 10.9 Å². The lowest BCUT2D eigenvalue weighted by Gasteiger charge is -2.29. The Balaban J connectivity index is 1.91. The minimum atomic E-state index is 0.500. The first-order valence-corrected chi connectivity index (χ1v) is 9.11. The highest BCUT2D eigenvalue weighted by Crippen LogP contribution is 2.42. The van der Waals surface area contributed by atoms with E-state index in [9.17, 15) is 0 Å². The Morgan fingerprint density at radius 3 is 2.52 bits per heavy atom. The van der Waals surface area contributed by atoms with E-state index in [4.69, 9.17) is 9.47 Å². The highest BCUT2D eigenvalue weighted by atomic mass is 16.5. The van der Waals surface area contributed by atoms with Crippen LogP contribution >= 0.6 is 0 Å². The molecule has 2 aromatic carbocycles. The molecular formula is C22H25NO2. The van der Waals surface area contributed by atoms with Crippen LogP contribution in [0, 0.1) is 0 Å². The average molecular weight is 335 g/mol. The number of ether oxygens (including phenoxy) is 2. The number of hydrogen-bond acceptors (Lipinski definition) is 2. The van der Waals surface area contributed by atoms with Crippen LogP contribution in [0.2, 0.25) is 0 Å². The maximum Gasteiger partial charge on any atom is 0.119 e. The molecule has 3 aromatic rings. The molecule has 4 rings (SSSR count). The molecule has 3 nitrogen and oxygen atoms in total. The van der Waals surface area contributed by atoms with E-state index in [-0.39, 0.29) is 0 Å². The monoisotopic (exact) mass is 335 g/mol. The van der Waals surface area contributed by atoms with Crippen molar-refractivity contribution in [3.63, 3.8) is 0 Å². The first-order chi connectivity index (χ1) is 12.2. The lowest BCUT2D eigenvalue weighted by molar-refractivity contribution is 0.411. The zero-order valence-corrected chi connectivity index (χ0v) is 15.2. The second-order valence-electron chi connectivity index (χ2n) is 6.85. The van der Waals surface area contributed by atoms with Crippen LogP contribution in [-0.4, -0.2) is 18.8 Å². The maximum absolute atomic E-state index is 5.45. The van der Waals surface area contributed by atoms with Gasteiger partial charge in [0.1, 0.15) is 11.5 Å². The molecule has 1 unspecified atom stereocenters. The molecule has 0 radical (unpaired) electrons. The first kappa shape index (κ1) is 16.1. The summed E-state index contributed by atoms with van der Waals surface area (Å²) in [6.45, 7) is 2.26. The third-order valence-corrected chi connectivity index (χ3v) is 5.35. The predicted molar refractivity (Wildman–Crippen MR) is 103 cm³/mol. The minimum absolute atomic E-state index is 0.500. The molecule has 130 valence electrons. The number of fused-ring (bicyclic) bond motifs is 5. The van der Waals surface area contributed by atoms with Crippen molar-refractivity contribution in [1.29, 1.82) is 0 Å². The Hall–Kier alpha value is -2.42. The van der Waals surface area contributed by atoms with Gasteiger partial charge >= 0.3 is 0 Å².